The summed E-state index contributed by atoms with van der Waals surface area (Å²) in [5.41, 5.74) is -0.202. The maximum Gasteiger partial charge on any atom is 0.168 e. The lowest BCUT2D eigenvalue weighted by molar-refractivity contribution is 0.0552. The van der Waals surface area contributed by atoms with Crippen molar-refractivity contribution in [3.63, 3.8) is 0 Å². The molecule has 1 aromatic rings. The van der Waals surface area contributed by atoms with E-state index in [-0.39, 0.29) is 17.2 Å². The van der Waals surface area contributed by atoms with E-state index in [1.54, 1.807) is 12.1 Å². The molecule has 94 valence electrons. The van der Waals surface area contributed by atoms with E-state index in [1.165, 1.54) is 13.2 Å². The molecular weight excluding hydrogens is 221 g/mol. The van der Waals surface area contributed by atoms with Crippen molar-refractivity contribution in [3.8, 4) is 11.5 Å². The monoisotopic (exact) mass is 239 g/mol. The average Bonchev–Trinajstić information content (AvgIpc) is 2.29. The number of methoxy groups -OCH3 is 1. The van der Waals surface area contributed by atoms with Gasteiger partial charge in [-0.25, -0.2) is 4.39 Å². The van der Waals surface area contributed by atoms with Crippen molar-refractivity contribution in [2.45, 2.75) is 25.4 Å². The second-order valence-corrected chi connectivity index (χ2v) is 4.60. The van der Waals surface area contributed by atoms with E-state index in [4.69, 9.17) is 9.47 Å². The molecule has 1 aliphatic rings. The van der Waals surface area contributed by atoms with Gasteiger partial charge in [-0.3, -0.25) is 0 Å². The van der Waals surface area contributed by atoms with Crippen LogP contribution in [-0.4, -0.2) is 25.8 Å². The van der Waals surface area contributed by atoms with Gasteiger partial charge in [0.15, 0.2) is 11.6 Å². The molecule has 0 spiro atoms. The number of nitrogens with one attached hydrogen (secondary N) is 1. The van der Waals surface area contributed by atoms with Crippen molar-refractivity contribution in [2.24, 2.45) is 0 Å². The van der Waals surface area contributed by atoms with Crippen molar-refractivity contribution < 1.29 is 13.9 Å². The highest BCUT2D eigenvalue weighted by molar-refractivity contribution is 5.33. The second kappa shape index (κ2) is 4.92. The molecule has 0 aromatic heterocycles. The molecule has 0 radical (unpaired) electrons. The fourth-order valence-corrected chi connectivity index (χ4v) is 2.05. The topological polar surface area (TPSA) is 30.5 Å². The molecule has 1 fully saturated rings. The number of piperidine rings is 1. The van der Waals surface area contributed by atoms with E-state index in [9.17, 15) is 4.39 Å². The molecule has 2 rings (SSSR count). The standard InChI is InChI=1S/C13H18FNO2/c1-13(5-7-15-8-6-13)17-10-3-4-12(16-2)11(14)9-10/h3-4,9,15H,5-8H2,1-2H3. The predicted octanol–water partition coefficient (Wildman–Crippen LogP) is 2.36. The predicted molar refractivity (Wildman–Crippen MR) is 64.1 cm³/mol. The third-order valence-electron chi connectivity index (χ3n) is 3.15. The smallest absolute Gasteiger partial charge is 0.168 e. The van der Waals surface area contributed by atoms with Crippen LogP contribution in [0.3, 0.4) is 0 Å². The minimum atomic E-state index is -0.387. The molecule has 17 heavy (non-hydrogen) atoms. The maximum atomic E-state index is 13.5. The van der Waals surface area contributed by atoms with Gasteiger partial charge in [0.25, 0.3) is 0 Å². The van der Waals surface area contributed by atoms with Crippen LogP contribution in [0.1, 0.15) is 19.8 Å². The number of benzene rings is 1. The second-order valence-electron chi connectivity index (χ2n) is 4.60. The molecule has 1 aromatic carbocycles. The number of rotatable bonds is 3. The minimum absolute atomic E-state index is 0.202. The summed E-state index contributed by atoms with van der Waals surface area (Å²) in [7, 11) is 1.45. The van der Waals surface area contributed by atoms with Crippen molar-refractivity contribution in [1.82, 2.24) is 5.32 Å². The van der Waals surface area contributed by atoms with Crippen LogP contribution < -0.4 is 14.8 Å². The number of halogens is 1. The first kappa shape index (κ1) is 12.2. The zero-order valence-corrected chi connectivity index (χ0v) is 10.3. The van der Waals surface area contributed by atoms with Crippen molar-refractivity contribution in [2.75, 3.05) is 20.2 Å². The van der Waals surface area contributed by atoms with E-state index >= 15 is 0 Å². The van der Waals surface area contributed by atoms with Crippen LogP contribution in [0.25, 0.3) is 0 Å². The summed E-state index contributed by atoms with van der Waals surface area (Å²) in [5.74, 6) is 0.419. The lowest BCUT2D eigenvalue weighted by Gasteiger charge is -2.34. The number of hydrogen-bond acceptors (Lipinski definition) is 3. The van der Waals surface area contributed by atoms with Gasteiger partial charge in [0.1, 0.15) is 11.4 Å². The van der Waals surface area contributed by atoms with Gasteiger partial charge in [-0.15, -0.1) is 0 Å². The van der Waals surface area contributed by atoms with Crippen molar-refractivity contribution in [1.29, 1.82) is 0 Å². The molecule has 1 saturated heterocycles. The Morgan fingerprint density at radius 3 is 2.59 bits per heavy atom. The highest BCUT2D eigenvalue weighted by atomic mass is 19.1. The molecule has 1 heterocycles. The summed E-state index contributed by atoms with van der Waals surface area (Å²) < 4.78 is 24.3. The molecule has 0 aliphatic carbocycles. The summed E-state index contributed by atoms with van der Waals surface area (Å²) in [5, 5.41) is 3.28. The lowest BCUT2D eigenvalue weighted by atomic mass is 9.94. The van der Waals surface area contributed by atoms with Crippen LogP contribution in [0, 0.1) is 5.82 Å². The third kappa shape index (κ3) is 2.88. The van der Waals surface area contributed by atoms with E-state index in [0.717, 1.165) is 25.9 Å². The highest BCUT2D eigenvalue weighted by Gasteiger charge is 2.28. The van der Waals surface area contributed by atoms with Crippen LogP contribution in [0.5, 0.6) is 11.5 Å². The summed E-state index contributed by atoms with van der Waals surface area (Å²) in [4.78, 5) is 0. The molecule has 1 N–H and O–H groups in total. The van der Waals surface area contributed by atoms with E-state index < -0.39 is 0 Å². The molecule has 3 nitrogen and oxygen atoms in total. The third-order valence-corrected chi connectivity index (χ3v) is 3.15. The molecule has 0 atom stereocenters. The Hall–Kier alpha value is -1.29. The van der Waals surface area contributed by atoms with Crippen molar-refractivity contribution >= 4 is 0 Å². The molecular formula is C13H18FNO2. The van der Waals surface area contributed by atoms with Gasteiger partial charge in [0, 0.05) is 6.07 Å². The van der Waals surface area contributed by atoms with E-state index in [1.807, 2.05) is 0 Å². The van der Waals surface area contributed by atoms with Gasteiger partial charge in [-0.2, -0.15) is 0 Å². The Morgan fingerprint density at radius 1 is 1.29 bits per heavy atom. The van der Waals surface area contributed by atoms with E-state index in [0.29, 0.717) is 5.75 Å². The SMILES string of the molecule is COc1ccc(OC2(C)CCNCC2)cc1F. The van der Waals surface area contributed by atoms with Crippen LogP contribution >= 0.6 is 0 Å². The molecule has 1 aliphatic heterocycles. The quantitative estimate of drug-likeness (QED) is 0.878. The minimum Gasteiger partial charge on any atom is -0.494 e. The van der Waals surface area contributed by atoms with Crippen LogP contribution in [0.2, 0.25) is 0 Å². The van der Waals surface area contributed by atoms with Gasteiger partial charge in [0.05, 0.1) is 7.11 Å². The average molecular weight is 239 g/mol. The Morgan fingerprint density at radius 2 is 2.00 bits per heavy atom. The fraction of sp³-hybridized carbons (Fsp3) is 0.538. The first-order chi connectivity index (χ1) is 8.13. The molecule has 0 saturated carbocycles. The normalized spacial score (nSPS) is 18.8. The van der Waals surface area contributed by atoms with Gasteiger partial charge >= 0.3 is 0 Å². The Bertz CT molecular complexity index is 389. The summed E-state index contributed by atoms with van der Waals surface area (Å²) in [6.45, 7) is 3.94. The Labute approximate surface area is 101 Å². The first-order valence-electron chi connectivity index (χ1n) is 5.86. The largest absolute Gasteiger partial charge is 0.494 e. The van der Waals surface area contributed by atoms with E-state index in [2.05, 4.69) is 12.2 Å². The summed E-state index contributed by atoms with van der Waals surface area (Å²) in [6, 6.07) is 4.72. The number of hydrogen-bond donors (Lipinski definition) is 1. The first-order valence-corrected chi connectivity index (χ1v) is 5.86. The van der Waals surface area contributed by atoms with Gasteiger partial charge in [-0.1, -0.05) is 0 Å². The molecule has 4 heteroatoms. The Balaban J connectivity index is 2.10. The fourth-order valence-electron chi connectivity index (χ4n) is 2.05. The zero-order valence-electron chi connectivity index (χ0n) is 10.3. The van der Waals surface area contributed by atoms with Crippen LogP contribution in [0.4, 0.5) is 4.39 Å². The van der Waals surface area contributed by atoms with Gasteiger partial charge in [0.2, 0.25) is 0 Å². The molecule has 0 unspecified atom stereocenters. The molecule has 0 amide bonds. The highest BCUT2D eigenvalue weighted by Crippen LogP contribution is 2.29. The van der Waals surface area contributed by atoms with Gasteiger partial charge < -0.3 is 14.8 Å². The number of ether oxygens (including phenoxy) is 2. The van der Waals surface area contributed by atoms with Gasteiger partial charge in [-0.05, 0) is 45.0 Å². The van der Waals surface area contributed by atoms with Crippen LogP contribution in [-0.2, 0) is 0 Å². The zero-order chi connectivity index (χ0) is 12.3. The summed E-state index contributed by atoms with van der Waals surface area (Å²) >= 11 is 0. The van der Waals surface area contributed by atoms with Crippen molar-refractivity contribution in [3.05, 3.63) is 24.0 Å². The molecule has 0 bridgehead atoms. The Kier molecular flexibility index (Phi) is 3.52. The maximum absolute atomic E-state index is 13.5. The lowest BCUT2D eigenvalue weighted by Crippen LogP contribution is -2.43. The summed E-state index contributed by atoms with van der Waals surface area (Å²) in [6.07, 6.45) is 1.86. The van der Waals surface area contributed by atoms with Crippen LogP contribution in [0.15, 0.2) is 18.2 Å².